The number of fused-ring (bicyclic) bond motifs is 2. The Morgan fingerprint density at radius 2 is 1.82 bits per heavy atom. The van der Waals surface area contributed by atoms with Gasteiger partial charge in [-0.25, -0.2) is 15.0 Å². The first-order chi connectivity index (χ1) is 16.7. The molecule has 0 radical (unpaired) electrons. The molecular weight excluding hydrogens is 426 g/mol. The fourth-order valence-electron chi connectivity index (χ4n) is 4.90. The van der Waals surface area contributed by atoms with Crippen molar-refractivity contribution in [2.75, 3.05) is 23.3 Å². The first kappa shape index (κ1) is 20.4. The summed E-state index contributed by atoms with van der Waals surface area (Å²) in [7, 11) is 0. The molecule has 1 aliphatic rings. The second-order valence-electron chi connectivity index (χ2n) is 8.67. The number of nitrogens with zero attached hydrogens (tertiary/aromatic N) is 5. The first-order valence-electron chi connectivity index (χ1n) is 11.6. The third kappa shape index (κ3) is 3.39. The minimum absolute atomic E-state index is 0.0116. The maximum Gasteiger partial charge on any atom is 0.265 e. The summed E-state index contributed by atoms with van der Waals surface area (Å²) >= 11 is 0. The molecular formula is C26H25N7O. The van der Waals surface area contributed by atoms with Crippen LogP contribution in [-0.4, -0.2) is 37.6 Å². The van der Waals surface area contributed by atoms with Crippen molar-refractivity contribution in [2.24, 2.45) is 0 Å². The highest BCUT2D eigenvalue weighted by Gasteiger charge is 2.22. The van der Waals surface area contributed by atoms with Crippen LogP contribution in [-0.2, 0) is 0 Å². The Balaban J connectivity index is 1.54. The number of rotatable bonds is 5. The molecule has 2 N–H and O–H groups in total. The van der Waals surface area contributed by atoms with Gasteiger partial charge < -0.3 is 15.2 Å². The summed E-state index contributed by atoms with van der Waals surface area (Å²) in [6.07, 6.45) is 5.42. The topological polar surface area (TPSA) is 91.7 Å². The van der Waals surface area contributed by atoms with Crippen LogP contribution in [0.25, 0.3) is 27.6 Å². The number of nitrogens with one attached hydrogen (secondary N) is 2. The number of benzene rings is 2. The Bertz CT molecular complexity index is 1530. The van der Waals surface area contributed by atoms with E-state index in [0.29, 0.717) is 17.0 Å². The second-order valence-corrected chi connectivity index (χ2v) is 8.67. The number of aromatic amines is 1. The summed E-state index contributed by atoms with van der Waals surface area (Å²) in [4.78, 5) is 32.4. The van der Waals surface area contributed by atoms with E-state index in [1.807, 2.05) is 54.0 Å². The molecule has 1 aliphatic heterocycles. The van der Waals surface area contributed by atoms with Crippen molar-refractivity contribution in [1.29, 1.82) is 0 Å². The van der Waals surface area contributed by atoms with Gasteiger partial charge in [-0.1, -0.05) is 30.3 Å². The fourth-order valence-corrected chi connectivity index (χ4v) is 4.90. The molecule has 1 saturated heterocycles. The number of H-pyrrole nitrogens is 1. The van der Waals surface area contributed by atoms with Crippen LogP contribution >= 0.6 is 0 Å². The number of pyridine rings is 1. The molecule has 5 aromatic rings. The molecule has 3 aromatic heterocycles. The fraction of sp³-hybridized carbons (Fsp3) is 0.231. The summed E-state index contributed by atoms with van der Waals surface area (Å²) in [6.45, 7) is 4.00. The molecule has 34 heavy (non-hydrogen) atoms. The van der Waals surface area contributed by atoms with Crippen molar-refractivity contribution in [3.63, 3.8) is 0 Å². The van der Waals surface area contributed by atoms with Gasteiger partial charge in [0.1, 0.15) is 11.8 Å². The van der Waals surface area contributed by atoms with Crippen LogP contribution in [0.15, 0.2) is 72.0 Å². The van der Waals surface area contributed by atoms with Crippen LogP contribution in [0, 0.1) is 0 Å². The van der Waals surface area contributed by atoms with Gasteiger partial charge in [0.15, 0.2) is 11.5 Å². The lowest BCUT2D eigenvalue weighted by Gasteiger charge is -2.24. The maximum absolute atomic E-state index is 14.1. The van der Waals surface area contributed by atoms with E-state index in [4.69, 9.17) is 0 Å². The summed E-state index contributed by atoms with van der Waals surface area (Å²) in [5.74, 6) is 0.622. The van der Waals surface area contributed by atoms with Gasteiger partial charge in [0.05, 0.1) is 23.4 Å². The van der Waals surface area contributed by atoms with Crippen molar-refractivity contribution in [2.45, 2.75) is 25.8 Å². The van der Waals surface area contributed by atoms with Gasteiger partial charge in [-0.05, 0) is 49.4 Å². The number of hydrogen-bond acceptors (Lipinski definition) is 6. The number of imidazole rings is 1. The van der Waals surface area contributed by atoms with Crippen LogP contribution in [0.4, 0.5) is 11.5 Å². The van der Waals surface area contributed by atoms with Gasteiger partial charge in [0, 0.05) is 24.5 Å². The number of anilines is 2. The third-order valence-electron chi connectivity index (χ3n) is 6.53. The van der Waals surface area contributed by atoms with Crippen molar-refractivity contribution < 1.29 is 0 Å². The molecule has 0 unspecified atom stereocenters. The SMILES string of the molecule is C[C@@H](Nc1ncnc2[nH]cnc12)c1cc2cccc(N3CCCC3)c2c(=O)n1-c1ccccc1. The number of para-hydroxylation sites is 1. The average Bonchev–Trinajstić information content (AvgIpc) is 3.57. The largest absolute Gasteiger partial charge is 0.371 e. The minimum atomic E-state index is -0.220. The molecule has 0 aliphatic carbocycles. The van der Waals surface area contributed by atoms with E-state index in [2.05, 4.69) is 42.3 Å². The van der Waals surface area contributed by atoms with E-state index in [0.717, 1.165) is 53.8 Å². The minimum Gasteiger partial charge on any atom is -0.371 e. The van der Waals surface area contributed by atoms with Crippen molar-refractivity contribution in [1.82, 2.24) is 24.5 Å². The molecule has 8 heteroatoms. The molecule has 1 fully saturated rings. The third-order valence-corrected chi connectivity index (χ3v) is 6.53. The molecule has 0 amide bonds. The summed E-state index contributed by atoms with van der Waals surface area (Å²) < 4.78 is 1.82. The Morgan fingerprint density at radius 3 is 2.65 bits per heavy atom. The molecule has 170 valence electrons. The van der Waals surface area contributed by atoms with Crippen LogP contribution < -0.4 is 15.8 Å². The lowest BCUT2D eigenvalue weighted by molar-refractivity contribution is 0.773. The van der Waals surface area contributed by atoms with Gasteiger partial charge >= 0.3 is 0 Å². The number of hydrogen-bond donors (Lipinski definition) is 2. The zero-order valence-electron chi connectivity index (χ0n) is 18.9. The van der Waals surface area contributed by atoms with Gasteiger partial charge in [0.25, 0.3) is 5.56 Å². The Hall–Kier alpha value is -4.20. The monoisotopic (exact) mass is 451 g/mol. The van der Waals surface area contributed by atoms with E-state index in [9.17, 15) is 4.79 Å². The average molecular weight is 452 g/mol. The number of aromatic nitrogens is 5. The summed E-state index contributed by atoms with van der Waals surface area (Å²) in [6, 6.07) is 17.8. The smallest absolute Gasteiger partial charge is 0.265 e. The normalized spacial score (nSPS) is 14.7. The molecule has 6 rings (SSSR count). The molecule has 1 atom stereocenters. The van der Waals surface area contributed by atoms with Crippen LogP contribution in [0.5, 0.6) is 0 Å². The molecule has 8 nitrogen and oxygen atoms in total. The van der Waals surface area contributed by atoms with Gasteiger partial charge in [-0.2, -0.15) is 0 Å². The molecule has 0 saturated carbocycles. The van der Waals surface area contributed by atoms with Crippen LogP contribution in [0.1, 0.15) is 31.5 Å². The van der Waals surface area contributed by atoms with E-state index in [1.165, 1.54) is 6.33 Å². The van der Waals surface area contributed by atoms with E-state index < -0.39 is 0 Å². The van der Waals surface area contributed by atoms with E-state index in [1.54, 1.807) is 6.33 Å². The summed E-state index contributed by atoms with van der Waals surface area (Å²) in [5.41, 5.74) is 4.03. The zero-order valence-corrected chi connectivity index (χ0v) is 18.9. The van der Waals surface area contributed by atoms with Crippen molar-refractivity contribution in [3.8, 4) is 5.69 Å². The van der Waals surface area contributed by atoms with E-state index in [-0.39, 0.29) is 11.6 Å². The van der Waals surface area contributed by atoms with E-state index >= 15 is 0 Å². The molecule has 4 heterocycles. The van der Waals surface area contributed by atoms with Crippen LogP contribution in [0.3, 0.4) is 0 Å². The first-order valence-corrected chi connectivity index (χ1v) is 11.6. The Labute approximate surface area is 196 Å². The zero-order chi connectivity index (χ0) is 23.1. The second kappa shape index (κ2) is 8.30. The lowest BCUT2D eigenvalue weighted by atomic mass is 10.1. The quantitative estimate of drug-likeness (QED) is 0.411. The highest BCUT2D eigenvalue weighted by molar-refractivity contribution is 5.94. The predicted octanol–water partition coefficient (Wildman–Crippen LogP) is 4.43. The van der Waals surface area contributed by atoms with Gasteiger partial charge in [0.2, 0.25) is 0 Å². The van der Waals surface area contributed by atoms with Crippen molar-refractivity contribution >= 4 is 33.4 Å². The molecule has 0 spiro atoms. The maximum atomic E-state index is 14.1. The predicted molar refractivity (Wildman–Crippen MR) is 135 cm³/mol. The Morgan fingerprint density at radius 1 is 1.00 bits per heavy atom. The van der Waals surface area contributed by atoms with Crippen molar-refractivity contribution in [3.05, 3.63) is 83.3 Å². The molecule has 0 bridgehead atoms. The van der Waals surface area contributed by atoms with Gasteiger partial charge in [-0.3, -0.25) is 9.36 Å². The van der Waals surface area contributed by atoms with Gasteiger partial charge in [-0.15, -0.1) is 0 Å². The summed E-state index contributed by atoms with van der Waals surface area (Å²) in [5, 5.41) is 5.16. The molecule has 2 aromatic carbocycles. The highest BCUT2D eigenvalue weighted by atomic mass is 16.1. The highest BCUT2D eigenvalue weighted by Crippen LogP contribution is 2.31. The standard InChI is InChI=1S/C26H25N7O/c1-17(31-25-23-24(28-15-27-23)29-16-30-25)21-14-18-8-7-11-20(32-12-5-6-13-32)22(18)26(34)33(21)19-9-3-2-4-10-19/h2-4,7-11,14-17H,5-6,12-13H2,1H3,(H2,27,28,29,30,31)/t17-/m1/s1. The van der Waals surface area contributed by atoms with Crippen LogP contribution in [0.2, 0.25) is 0 Å². The Kier molecular flexibility index (Phi) is 4.98. The lowest BCUT2D eigenvalue weighted by Crippen LogP contribution is -2.28.